The van der Waals surface area contributed by atoms with Crippen molar-refractivity contribution in [2.24, 2.45) is 11.5 Å². The van der Waals surface area contributed by atoms with Gasteiger partial charge in [0.15, 0.2) is 11.5 Å². The predicted octanol–water partition coefficient (Wildman–Crippen LogP) is 20.9. The number of hydrogen-bond acceptors (Lipinski definition) is 17. The van der Waals surface area contributed by atoms with E-state index >= 15 is 0 Å². The number of aryl methyl sites for hydroxylation is 1. The molecular weight excluding hydrogens is 1660 g/mol. The maximum Gasteiger partial charge on any atom is 0.414 e. The number of ether oxygens (including phenoxy) is 2. The van der Waals surface area contributed by atoms with E-state index in [4.69, 9.17) is 26.2 Å². The van der Waals surface area contributed by atoms with Crippen molar-refractivity contribution in [3.63, 3.8) is 0 Å². The Morgan fingerprint density at radius 3 is 1.23 bits per heavy atom. The summed E-state index contributed by atoms with van der Waals surface area (Å²) in [6.07, 6.45) is -0.423. The fourth-order valence-corrected chi connectivity index (χ4v) is 10.7. The average Bonchev–Trinajstić information content (AvgIpc) is 0.780. The van der Waals surface area contributed by atoms with Gasteiger partial charge in [-0.25, -0.2) is 14.4 Å². The molecule has 6 amide bonds. The Morgan fingerprint density at radius 1 is 0.447 bits per heavy atom. The number of fused-ring (bicyclic) bond motifs is 1. The van der Waals surface area contributed by atoms with E-state index in [1.165, 1.54) is 65.2 Å². The number of benzene rings is 8. The number of aromatic nitrogens is 1. The molecule has 0 saturated heterocycles. The van der Waals surface area contributed by atoms with E-state index in [1.54, 1.807) is 88.9 Å². The van der Waals surface area contributed by atoms with Crippen LogP contribution in [-0.2, 0) is 85.6 Å². The van der Waals surface area contributed by atoms with E-state index in [2.05, 4.69) is 155 Å². The number of nitrogens with two attached hydrogens (primary N) is 2. The number of primary amides is 2. The monoisotopic (exact) mass is 1800 g/mol. The second-order valence-corrected chi connectivity index (χ2v) is 38.0. The molecule has 24 nitrogen and oxygen atoms in total. The van der Waals surface area contributed by atoms with E-state index in [1.807, 2.05) is 113 Å². The Balaban J connectivity index is 0. The van der Waals surface area contributed by atoms with Crippen molar-refractivity contribution in [3.05, 3.63) is 222 Å². The molecule has 1 radical (unpaired) electrons. The van der Waals surface area contributed by atoms with E-state index < -0.39 is 18.2 Å². The second kappa shape index (κ2) is 49.0. The number of rotatable bonds is 4. The molecule has 675 valence electrons. The number of phenols is 9. The molecule has 26 heteroatoms. The van der Waals surface area contributed by atoms with Gasteiger partial charge in [0.25, 0.3) is 0 Å². The third-order valence-corrected chi connectivity index (χ3v) is 18.2. The van der Waals surface area contributed by atoms with Gasteiger partial charge in [-0.1, -0.05) is 214 Å². The van der Waals surface area contributed by atoms with Crippen molar-refractivity contribution in [3.8, 4) is 63.2 Å². The minimum atomic E-state index is -0.495. The largest absolute Gasteiger partial charge is 0.534 e. The van der Waals surface area contributed by atoms with Gasteiger partial charge in [-0.15, -0.1) is 12.1 Å². The van der Waals surface area contributed by atoms with Gasteiger partial charge in [-0.2, -0.15) is 17.7 Å². The number of hydrogen-bond donors (Lipinski definition) is 14. The van der Waals surface area contributed by atoms with Gasteiger partial charge in [0.05, 0.1) is 11.2 Å². The van der Waals surface area contributed by atoms with E-state index in [9.17, 15) is 69.6 Å². The van der Waals surface area contributed by atoms with Crippen LogP contribution in [0.1, 0.15) is 234 Å². The van der Waals surface area contributed by atoms with Crippen molar-refractivity contribution in [2.45, 2.75) is 237 Å². The number of nitrogens with zero attached hydrogens (tertiary/aromatic N) is 2. The van der Waals surface area contributed by atoms with Crippen LogP contribution in [0.5, 0.6) is 63.2 Å². The number of halogens is 1. The maximum absolute atomic E-state index is 11.7. The zero-order valence-corrected chi connectivity index (χ0v) is 82.2. The van der Waals surface area contributed by atoms with Crippen LogP contribution in [0.3, 0.4) is 0 Å². The molecule has 0 bridgehead atoms. The molecule has 0 spiro atoms. The SMILES string of the molecule is CC(C)(C)c1c[c-]c(O)cc1.CC(C)(C)c1cc(O)cc(O)c1.CC(C)(C)c1ccc(O)c(NC=O)c1.CC(C)(C)c1ccc(O)c2[nH]c(=O)ccc12.CC(N)=O.CN(C)C(=O)Oc1cc(OC(=O)N(C)C)cc(C(C)(C)C)c1.CNC(N)=O.Cc1c(C(C)(C)C)ccc(O)c1O.Cc1c(O)cc(O)cc1C(C)(C)C.Cc1ccc(C(C)(C)C)cc1Cl.[Y]. The zero-order chi connectivity index (χ0) is 95.3. The van der Waals surface area contributed by atoms with Gasteiger partial charge < -0.3 is 92.3 Å². The first-order chi connectivity index (χ1) is 55.3. The third kappa shape index (κ3) is 42.3. The number of carbonyl (C=O) groups excluding carboxylic acids is 5. The van der Waals surface area contributed by atoms with Gasteiger partial charge in [-0.3, -0.25) is 14.4 Å². The van der Waals surface area contributed by atoms with Crippen molar-refractivity contribution in [1.29, 1.82) is 0 Å². The number of amides is 6. The van der Waals surface area contributed by atoms with E-state index in [0.29, 0.717) is 29.1 Å². The smallest absolute Gasteiger partial charge is 0.414 e. The van der Waals surface area contributed by atoms with Crippen LogP contribution in [-0.4, -0.2) is 127 Å². The third-order valence-electron chi connectivity index (χ3n) is 17.8. The summed E-state index contributed by atoms with van der Waals surface area (Å²) in [7, 11) is 7.88. The summed E-state index contributed by atoms with van der Waals surface area (Å²) >= 11 is 6.02. The molecule has 0 aliphatic carbocycles. The topological polar surface area (TPSA) is 401 Å². The Bertz CT molecular complexity index is 4900. The van der Waals surface area contributed by atoms with Crippen molar-refractivity contribution < 1.29 is 112 Å². The summed E-state index contributed by atoms with van der Waals surface area (Å²) in [6.45, 7) is 57.0. The van der Waals surface area contributed by atoms with Crippen LogP contribution >= 0.6 is 11.6 Å². The van der Waals surface area contributed by atoms with Gasteiger partial charge in [0, 0.05) is 115 Å². The molecule has 9 rings (SSSR count). The molecule has 0 aliphatic rings. The summed E-state index contributed by atoms with van der Waals surface area (Å²) < 4.78 is 10.6. The minimum Gasteiger partial charge on any atom is -0.534 e. The maximum atomic E-state index is 11.7. The number of pyridine rings is 1. The summed E-state index contributed by atoms with van der Waals surface area (Å²) in [5, 5.41) is 90.4. The van der Waals surface area contributed by atoms with Crippen LogP contribution < -0.4 is 37.1 Å². The average molecular weight is 1800 g/mol. The fraction of sp³-hybridized carbons (Fsp3) is 0.423. The second-order valence-electron chi connectivity index (χ2n) is 37.6. The predicted molar refractivity (Wildman–Crippen MR) is 495 cm³/mol. The van der Waals surface area contributed by atoms with Crippen LogP contribution in [0, 0.1) is 26.8 Å². The van der Waals surface area contributed by atoms with E-state index in [0.717, 1.165) is 60.5 Å². The Kier molecular flexibility index (Phi) is 45.5. The Morgan fingerprint density at radius 2 is 0.837 bits per heavy atom. The normalized spacial score (nSPS) is 11.0. The first kappa shape index (κ1) is 114. The molecule has 0 atom stereocenters. The Hall–Kier alpha value is -10.7. The number of H-pyrrole nitrogens is 1. The zero-order valence-electron chi connectivity index (χ0n) is 78.7. The molecule has 1 heterocycles. The van der Waals surface area contributed by atoms with Crippen LogP contribution in [0.2, 0.25) is 5.02 Å². The van der Waals surface area contributed by atoms with Crippen LogP contribution in [0.15, 0.2) is 144 Å². The summed E-state index contributed by atoms with van der Waals surface area (Å²) in [5.74, 6) is 1.19. The summed E-state index contributed by atoms with van der Waals surface area (Å²) in [6, 6.07) is 42.1. The van der Waals surface area contributed by atoms with Gasteiger partial charge in [0.2, 0.25) is 17.9 Å². The minimum absolute atomic E-state index is 0. The van der Waals surface area contributed by atoms with Crippen LogP contribution in [0.25, 0.3) is 10.9 Å². The molecule has 8 aromatic carbocycles. The van der Waals surface area contributed by atoms with Gasteiger partial charge >= 0.3 is 18.2 Å². The number of phenolic OH excluding ortho intramolecular Hbond substituents is 9. The number of anilines is 1. The molecule has 0 saturated carbocycles. The molecule has 123 heavy (non-hydrogen) atoms. The number of carbonyl (C=O) groups is 5. The quantitative estimate of drug-likeness (QED) is 0.0442. The number of aromatic amines is 1. The Labute approximate surface area is 760 Å². The molecular formula is C97H139ClN7O17Y-. The summed E-state index contributed by atoms with van der Waals surface area (Å²) in [4.78, 5) is 68.9. The van der Waals surface area contributed by atoms with Gasteiger partial charge in [-0.05, 0) is 181 Å². The standard InChI is InChI=1S/C16H24N2O4.C13H15NO2.C11H15Cl.C11H15NO2.2C11H16O2.C10H14O2.C10H13O.C2H6N2O.C2H5NO.Y/c1-16(2,3)11-8-12(21-14(19)17(4)5)10-13(9-11)22-15(20)18(6)7;1-13(2,3)9-5-6-10(15)12-8(9)4-7-11(16)14-12;1-8-5-6-9(7-10(8)12)11(2,3)4;1-11(2,3)8-4-5-10(14)9(6-8)12-7-13;1-7-9(11(2,3)4)5-8(12)6-10(7)13;1-7-8(11(2,3)4)5-6-9(12)10(7)13;1-10(2,3)7-4-8(11)6-9(12)5-7;1-10(2,3)8-4-6-9(11)7-5-8;1-4-2(3)5;1-2(3)4;/h8-10H,1-7H3;4-7,15H,1-3H3,(H,14,16);5-7H,1-4H3;4-7,14H,1-3H3,(H,12,13);2*5-6,12-13H,1-4H3;4-6,11-12H,1-3H3;4-6,11H,1-3H3;1H3,(H3,3,4,5);1H3,(H2,3,4);/q;;;;;;;-1;;;. The van der Waals surface area contributed by atoms with E-state index in [-0.39, 0.29) is 139 Å². The first-order valence-corrected chi connectivity index (χ1v) is 39.8. The molecule has 0 fully saturated rings. The molecule has 16 N–H and O–H groups in total. The number of nitrogens with one attached hydrogen (secondary N) is 3. The molecule has 1 aromatic heterocycles. The van der Waals surface area contributed by atoms with Crippen molar-refractivity contribution >= 4 is 58.7 Å². The van der Waals surface area contributed by atoms with Crippen molar-refractivity contribution in [1.82, 2.24) is 20.1 Å². The van der Waals surface area contributed by atoms with Crippen LogP contribution in [0.4, 0.5) is 20.1 Å². The molecule has 0 unspecified atom stereocenters. The summed E-state index contributed by atoms with van der Waals surface area (Å²) in [5.41, 5.74) is 21.1. The number of urea groups is 1. The molecule has 9 aromatic rings. The first-order valence-electron chi connectivity index (χ1n) is 39.4. The van der Waals surface area contributed by atoms with Crippen molar-refractivity contribution in [2.75, 3.05) is 40.6 Å². The van der Waals surface area contributed by atoms with Gasteiger partial charge in [0.1, 0.15) is 46.0 Å². The fourth-order valence-electron chi connectivity index (χ4n) is 10.5. The molecule has 0 aliphatic heterocycles. The number of aromatic hydroxyl groups is 9.